The second-order valence-electron chi connectivity index (χ2n) is 9.41. The maximum Gasteiger partial charge on any atom is 0.469 e. The number of hydrogen-bond acceptors (Lipinski definition) is 6. The number of primary amides is 1. The van der Waals surface area contributed by atoms with Crippen molar-refractivity contribution in [1.82, 2.24) is 0 Å². The van der Waals surface area contributed by atoms with Crippen LogP contribution >= 0.6 is 0 Å². The van der Waals surface area contributed by atoms with E-state index in [0.29, 0.717) is 19.1 Å². The molecule has 7 nitrogen and oxygen atoms in total. The summed E-state index contributed by atoms with van der Waals surface area (Å²) in [5, 5.41) is 0. The number of esters is 1. The molecular weight excluding hydrogens is 439 g/mol. The summed E-state index contributed by atoms with van der Waals surface area (Å²) in [5.74, 6) is -0.879. The van der Waals surface area contributed by atoms with Crippen molar-refractivity contribution in [3.63, 3.8) is 0 Å². The number of carbonyl (C=O) groups excluding carboxylic acids is 2. The molecule has 0 aromatic carbocycles. The molecule has 0 bridgehead atoms. The maximum absolute atomic E-state index is 11.2. The van der Waals surface area contributed by atoms with Gasteiger partial charge in [-0.05, 0) is 71.4 Å². The Balaban J connectivity index is 0. The minimum Gasteiger partial charge on any atom is -0.463 e. The fourth-order valence-electron chi connectivity index (χ4n) is 2.14. The highest BCUT2D eigenvalue weighted by Crippen LogP contribution is 2.29. The third-order valence-corrected chi connectivity index (χ3v) is 14.7. The van der Waals surface area contributed by atoms with Gasteiger partial charge in [-0.1, -0.05) is 13.2 Å². The van der Waals surface area contributed by atoms with E-state index >= 15 is 0 Å². The number of amides is 1. The molecule has 0 saturated carbocycles. The zero-order valence-corrected chi connectivity index (χ0v) is 23.7. The fraction of sp³-hybridized carbons (Fsp3) is 0.667. The van der Waals surface area contributed by atoms with Crippen LogP contribution < -0.4 is 5.73 Å². The first-order valence-electron chi connectivity index (χ1n) is 9.66. The molecule has 0 rings (SSSR count). The molecule has 0 aliphatic carbocycles. The molecule has 0 spiro atoms. The lowest BCUT2D eigenvalue weighted by atomic mass is 10.5. The fourth-order valence-corrected chi connectivity index (χ4v) is 16.8. The number of carbonyl (C=O) groups is 2. The molecule has 0 aromatic rings. The highest BCUT2D eigenvalue weighted by molar-refractivity contribution is 6.90. The van der Waals surface area contributed by atoms with Crippen LogP contribution in [-0.4, -0.2) is 52.2 Å². The van der Waals surface area contributed by atoms with Crippen LogP contribution in [0.15, 0.2) is 25.3 Å². The van der Waals surface area contributed by atoms with Crippen molar-refractivity contribution in [1.29, 1.82) is 0 Å². The quantitative estimate of drug-likeness (QED) is 0.194. The lowest BCUT2D eigenvalue weighted by Crippen LogP contribution is -2.60. The van der Waals surface area contributed by atoms with Crippen LogP contribution in [0.5, 0.6) is 0 Å². The van der Waals surface area contributed by atoms with E-state index in [1.807, 2.05) is 0 Å². The van der Waals surface area contributed by atoms with E-state index in [4.69, 9.17) is 17.1 Å². The normalized spacial score (nSPS) is 12.4. The van der Waals surface area contributed by atoms with Crippen LogP contribution in [0.1, 0.15) is 6.42 Å². The zero-order chi connectivity index (χ0) is 23.5. The molecule has 2 N–H and O–H groups in total. The summed E-state index contributed by atoms with van der Waals surface area (Å²) in [6.07, 6.45) is 2.91. The molecule has 0 radical (unpaired) electrons. The van der Waals surface area contributed by atoms with Crippen molar-refractivity contribution in [2.75, 3.05) is 6.61 Å². The summed E-state index contributed by atoms with van der Waals surface area (Å²) in [6, 6.07) is 0.677. The topological polar surface area (TPSA) is 97.1 Å². The molecule has 0 atom stereocenters. The number of nitrogens with two attached hydrogens (primary N) is 1. The number of ether oxygens (including phenoxy) is 1. The monoisotopic (exact) mass is 479 g/mol. The van der Waals surface area contributed by atoms with Crippen LogP contribution in [0, 0.1) is 0 Å². The highest BCUT2D eigenvalue weighted by atomic mass is 28.5. The third-order valence-electron chi connectivity index (χ3n) is 2.62. The molecule has 29 heavy (non-hydrogen) atoms. The molecule has 170 valence electrons. The van der Waals surface area contributed by atoms with E-state index in [2.05, 4.69) is 77.8 Å². The van der Waals surface area contributed by atoms with Gasteiger partial charge in [-0.3, -0.25) is 4.79 Å². The molecule has 0 unspecified atom stereocenters. The van der Waals surface area contributed by atoms with Gasteiger partial charge in [-0.15, -0.1) is 0 Å². The molecule has 0 fully saturated rings. The first-order valence-corrected chi connectivity index (χ1v) is 21.8. The molecule has 0 aliphatic rings. The van der Waals surface area contributed by atoms with Gasteiger partial charge >= 0.3 is 14.8 Å². The van der Waals surface area contributed by atoms with Gasteiger partial charge in [0.2, 0.25) is 5.91 Å². The molecule has 0 aliphatic heterocycles. The Labute approximate surface area is 181 Å². The van der Waals surface area contributed by atoms with Crippen molar-refractivity contribution in [3.8, 4) is 0 Å². The van der Waals surface area contributed by atoms with Crippen LogP contribution in [0.4, 0.5) is 0 Å². The summed E-state index contributed by atoms with van der Waals surface area (Å²) >= 11 is 0. The van der Waals surface area contributed by atoms with Gasteiger partial charge in [0, 0.05) is 12.1 Å². The predicted octanol–water partition coefficient (Wildman–Crippen LogP) is 4.26. The lowest BCUT2D eigenvalue weighted by molar-refractivity contribution is -0.137. The first kappa shape index (κ1) is 30.4. The van der Waals surface area contributed by atoms with Crippen molar-refractivity contribution < 1.29 is 26.7 Å². The summed E-state index contributed by atoms with van der Waals surface area (Å²) in [4.78, 5) is 20.7. The minimum absolute atomic E-state index is 0.332. The molecule has 0 saturated heterocycles. The molecule has 1 amide bonds. The van der Waals surface area contributed by atoms with Crippen molar-refractivity contribution >= 4 is 45.6 Å². The van der Waals surface area contributed by atoms with E-state index in [9.17, 15) is 9.59 Å². The van der Waals surface area contributed by atoms with Gasteiger partial charge in [-0.2, -0.15) is 0 Å². The molecule has 11 heteroatoms. The van der Waals surface area contributed by atoms with Crippen molar-refractivity contribution in [3.05, 3.63) is 25.3 Å². The lowest BCUT2D eigenvalue weighted by Gasteiger charge is -2.42. The van der Waals surface area contributed by atoms with E-state index in [0.717, 1.165) is 6.08 Å². The van der Waals surface area contributed by atoms with Gasteiger partial charge < -0.3 is 22.8 Å². The Morgan fingerprint density at radius 2 is 1.14 bits per heavy atom. The second kappa shape index (κ2) is 12.8. The second-order valence-corrected chi connectivity index (χ2v) is 26.4. The van der Waals surface area contributed by atoms with Crippen molar-refractivity contribution in [2.24, 2.45) is 5.73 Å². The van der Waals surface area contributed by atoms with E-state index < -0.39 is 45.6 Å². The van der Waals surface area contributed by atoms with Gasteiger partial charge in [0.25, 0.3) is 0 Å². The SMILES string of the molecule is C=CC(=O)OCCC[Si](O[Si](C)(C)C)(O[Si](C)(C)C)O[Si](C)(C)C.C=CC(N)=O. The zero-order valence-electron chi connectivity index (χ0n) is 19.7. The average Bonchev–Trinajstić information content (AvgIpc) is 2.46. The van der Waals surface area contributed by atoms with Gasteiger partial charge in [0.05, 0.1) is 6.61 Å². The van der Waals surface area contributed by atoms with Gasteiger partial charge in [-0.25, -0.2) is 4.79 Å². The minimum atomic E-state index is -2.82. The van der Waals surface area contributed by atoms with Crippen LogP contribution in [0.3, 0.4) is 0 Å². The summed E-state index contributed by atoms with van der Waals surface area (Å²) in [7, 11) is -8.36. The highest BCUT2D eigenvalue weighted by Gasteiger charge is 2.49. The summed E-state index contributed by atoms with van der Waals surface area (Å²) < 4.78 is 24.8. The largest absolute Gasteiger partial charge is 0.469 e. The summed E-state index contributed by atoms with van der Waals surface area (Å²) in [6.45, 7) is 26.3. The third kappa shape index (κ3) is 20.2. The maximum atomic E-state index is 11.2. The Morgan fingerprint density at radius 1 is 0.793 bits per heavy atom. The Hall–Kier alpha value is -0.832. The Kier molecular flexibility index (Phi) is 13.4. The smallest absolute Gasteiger partial charge is 0.463 e. The Morgan fingerprint density at radius 3 is 1.38 bits per heavy atom. The average molecular weight is 480 g/mol. The number of rotatable bonds is 12. The first-order chi connectivity index (χ1) is 12.8. The van der Waals surface area contributed by atoms with Crippen LogP contribution in [0.2, 0.25) is 65.0 Å². The van der Waals surface area contributed by atoms with Gasteiger partial charge in [0.1, 0.15) is 0 Å². The van der Waals surface area contributed by atoms with Crippen LogP contribution in [0.25, 0.3) is 0 Å². The molecule has 0 heterocycles. The Bertz CT molecular complexity index is 509. The van der Waals surface area contributed by atoms with Gasteiger partial charge in [0.15, 0.2) is 25.0 Å². The standard InChI is InChI=1S/C15H36O5Si4.C3H5NO/c1-11-15(16)17-13-12-14-24(18-21(2,3)4,19-22(5,6)7)20-23(8,9)10;1-2-3(4)5/h11H,1,12-14H2,2-10H3;2H,1H2,(H2,4,5). The molecular formula is C18H41NO6Si4. The number of hydrogen-bond donors (Lipinski definition) is 1. The molecule has 0 aromatic heterocycles. The van der Waals surface area contributed by atoms with E-state index in [-0.39, 0.29) is 0 Å². The van der Waals surface area contributed by atoms with Crippen LogP contribution in [-0.2, 0) is 26.7 Å². The predicted molar refractivity (Wildman–Crippen MR) is 129 cm³/mol. The summed E-state index contributed by atoms with van der Waals surface area (Å²) in [5.41, 5.74) is 4.53. The van der Waals surface area contributed by atoms with Crippen molar-refractivity contribution in [2.45, 2.75) is 71.4 Å². The van der Waals surface area contributed by atoms with E-state index in [1.165, 1.54) is 6.08 Å². The van der Waals surface area contributed by atoms with E-state index in [1.54, 1.807) is 0 Å².